The summed E-state index contributed by atoms with van der Waals surface area (Å²) in [6, 6.07) is 0. The van der Waals surface area contributed by atoms with E-state index in [4.69, 9.17) is 19.0 Å². The maximum Gasteiger partial charge on any atom is 0.333 e. The van der Waals surface area contributed by atoms with Crippen LogP contribution in [0.2, 0.25) is 0 Å². The molecule has 2 saturated heterocycles. The summed E-state index contributed by atoms with van der Waals surface area (Å²) >= 11 is 1.58. The molecule has 0 aliphatic carbocycles. The van der Waals surface area contributed by atoms with Gasteiger partial charge in [0.1, 0.15) is 24.3 Å². The second kappa shape index (κ2) is 12.2. The number of hydrogen-bond acceptors (Lipinski definition) is 10. The molecule has 5 atom stereocenters. The van der Waals surface area contributed by atoms with E-state index in [0.717, 1.165) is 0 Å². The third-order valence-corrected chi connectivity index (χ3v) is 6.85. The standard InChI is InChI=1S/C21H31NO9S/c1-12-13(2)21(30-16(11-28-14(3)23)20(12)29-15(4)24)32-10-6-5-7-19(27)31-22-17(25)8-9-18(22)26/h12-13,16,20-21H,5-11H2,1-4H3. The molecule has 0 bridgehead atoms. The van der Waals surface area contributed by atoms with Gasteiger partial charge in [-0.15, -0.1) is 16.8 Å². The molecule has 11 heteroatoms. The highest BCUT2D eigenvalue weighted by Gasteiger charge is 2.44. The van der Waals surface area contributed by atoms with E-state index in [0.29, 0.717) is 23.7 Å². The number of hydroxylamine groups is 2. The highest BCUT2D eigenvalue weighted by Crippen LogP contribution is 2.38. The van der Waals surface area contributed by atoms with Gasteiger partial charge in [-0.25, -0.2) is 4.79 Å². The van der Waals surface area contributed by atoms with Gasteiger partial charge in [0.05, 0.1) is 0 Å². The number of nitrogens with zero attached hydrogens (tertiary/aromatic N) is 1. The van der Waals surface area contributed by atoms with Crippen LogP contribution in [0.1, 0.15) is 59.8 Å². The number of hydrogen-bond donors (Lipinski definition) is 0. The predicted molar refractivity (Wildman–Crippen MR) is 113 cm³/mol. The van der Waals surface area contributed by atoms with Crippen LogP contribution in [0.5, 0.6) is 0 Å². The number of unbranched alkanes of at least 4 members (excludes halogenated alkanes) is 1. The molecule has 2 fully saturated rings. The fourth-order valence-corrected chi connectivity index (χ4v) is 4.91. The molecule has 32 heavy (non-hydrogen) atoms. The van der Waals surface area contributed by atoms with Gasteiger partial charge in [0.15, 0.2) is 0 Å². The van der Waals surface area contributed by atoms with Gasteiger partial charge in [0, 0.05) is 39.0 Å². The van der Waals surface area contributed by atoms with Gasteiger partial charge in [-0.2, -0.15) is 0 Å². The van der Waals surface area contributed by atoms with E-state index in [1.807, 2.05) is 13.8 Å². The molecule has 10 nitrogen and oxygen atoms in total. The first-order valence-corrected chi connectivity index (χ1v) is 11.8. The Morgan fingerprint density at radius 3 is 2.28 bits per heavy atom. The fourth-order valence-electron chi connectivity index (χ4n) is 3.53. The summed E-state index contributed by atoms with van der Waals surface area (Å²) in [5.41, 5.74) is -0.191. The molecule has 0 aromatic carbocycles. The van der Waals surface area contributed by atoms with Gasteiger partial charge >= 0.3 is 17.9 Å². The topological polar surface area (TPSA) is 126 Å². The summed E-state index contributed by atoms with van der Waals surface area (Å²) in [6.45, 7) is 6.64. The Balaban J connectivity index is 1.78. The van der Waals surface area contributed by atoms with E-state index in [1.165, 1.54) is 13.8 Å². The molecule has 0 N–H and O–H groups in total. The quantitative estimate of drug-likeness (QED) is 0.264. The normalized spacial score (nSPS) is 27.9. The number of rotatable bonds is 10. The second-order valence-electron chi connectivity index (χ2n) is 8.01. The molecule has 2 heterocycles. The maximum absolute atomic E-state index is 11.9. The molecule has 2 aliphatic rings. The number of carbonyl (C=O) groups excluding carboxylic acids is 5. The van der Waals surface area contributed by atoms with Crippen LogP contribution in [0, 0.1) is 11.8 Å². The number of ether oxygens (including phenoxy) is 3. The lowest BCUT2D eigenvalue weighted by Gasteiger charge is -2.43. The molecule has 180 valence electrons. The van der Waals surface area contributed by atoms with Gasteiger partial charge in [-0.1, -0.05) is 13.8 Å². The van der Waals surface area contributed by atoms with Crippen LogP contribution in [-0.2, 0) is 43.0 Å². The van der Waals surface area contributed by atoms with Crippen LogP contribution >= 0.6 is 11.8 Å². The van der Waals surface area contributed by atoms with Crippen molar-refractivity contribution < 1.29 is 43.0 Å². The lowest BCUT2D eigenvalue weighted by atomic mass is 9.85. The zero-order valence-corrected chi connectivity index (χ0v) is 19.7. The number of carbonyl (C=O) groups is 5. The van der Waals surface area contributed by atoms with Gasteiger partial charge in [0.2, 0.25) is 0 Å². The first-order valence-electron chi connectivity index (χ1n) is 10.7. The number of thioether (sulfide) groups is 1. The molecule has 0 aromatic rings. The van der Waals surface area contributed by atoms with E-state index in [2.05, 4.69) is 0 Å². The molecular weight excluding hydrogens is 442 g/mol. The highest BCUT2D eigenvalue weighted by molar-refractivity contribution is 7.99. The van der Waals surface area contributed by atoms with Crippen LogP contribution in [0.15, 0.2) is 0 Å². The van der Waals surface area contributed by atoms with Crippen LogP contribution < -0.4 is 0 Å². The molecule has 0 saturated carbocycles. The molecule has 0 spiro atoms. The summed E-state index contributed by atoms with van der Waals surface area (Å²) in [4.78, 5) is 62.4. The zero-order valence-electron chi connectivity index (χ0n) is 18.9. The van der Waals surface area contributed by atoms with Crippen molar-refractivity contribution in [2.75, 3.05) is 12.4 Å². The van der Waals surface area contributed by atoms with Crippen LogP contribution in [0.25, 0.3) is 0 Å². The molecule has 5 unspecified atom stereocenters. The Labute approximate surface area is 191 Å². The summed E-state index contributed by atoms with van der Waals surface area (Å²) < 4.78 is 16.6. The Morgan fingerprint density at radius 2 is 1.69 bits per heavy atom. The molecule has 2 aliphatic heterocycles. The van der Waals surface area contributed by atoms with Gasteiger partial charge < -0.3 is 19.0 Å². The van der Waals surface area contributed by atoms with Crippen LogP contribution in [-0.4, -0.2) is 64.8 Å². The molecular formula is C21H31NO9S. The first kappa shape index (κ1) is 26.1. The summed E-state index contributed by atoms with van der Waals surface area (Å²) in [7, 11) is 0. The van der Waals surface area contributed by atoms with Crippen LogP contribution in [0.4, 0.5) is 0 Å². The third-order valence-electron chi connectivity index (χ3n) is 5.46. The molecule has 2 rings (SSSR count). The Kier molecular flexibility index (Phi) is 9.95. The van der Waals surface area contributed by atoms with Crippen molar-refractivity contribution in [3.63, 3.8) is 0 Å². The smallest absolute Gasteiger partial charge is 0.333 e. The lowest BCUT2D eigenvalue weighted by molar-refractivity contribution is -0.197. The predicted octanol–water partition coefficient (Wildman–Crippen LogP) is 1.99. The Morgan fingerprint density at radius 1 is 1.03 bits per heavy atom. The summed E-state index contributed by atoms with van der Waals surface area (Å²) in [5.74, 6) is -1.67. The third kappa shape index (κ3) is 7.47. The minimum Gasteiger partial charge on any atom is -0.463 e. The van der Waals surface area contributed by atoms with Crippen molar-refractivity contribution in [2.45, 2.75) is 77.4 Å². The number of amides is 2. The minimum atomic E-state index is -0.611. The molecule has 0 aromatic heterocycles. The van der Waals surface area contributed by atoms with E-state index < -0.39 is 41.9 Å². The second-order valence-corrected chi connectivity index (χ2v) is 9.22. The van der Waals surface area contributed by atoms with Crippen molar-refractivity contribution in [2.24, 2.45) is 11.8 Å². The highest BCUT2D eigenvalue weighted by atomic mass is 32.2. The number of imide groups is 1. The van der Waals surface area contributed by atoms with Gasteiger partial charge in [-0.05, 0) is 24.5 Å². The van der Waals surface area contributed by atoms with Crippen molar-refractivity contribution in [3.8, 4) is 0 Å². The average Bonchev–Trinajstić information content (AvgIpc) is 3.03. The minimum absolute atomic E-state index is 0.00117. The zero-order chi connectivity index (χ0) is 23.8. The lowest BCUT2D eigenvalue weighted by Crippen LogP contribution is -2.52. The monoisotopic (exact) mass is 473 g/mol. The maximum atomic E-state index is 11.9. The Hall–Kier alpha value is -2.14. The SMILES string of the molecule is CC(=O)OCC1OC(SCCCCC(=O)ON2C(=O)CCC2=O)C(C)C(C)C1OC(C)=O. The van der Waals surface area contributed by atoms with Crippen molar-refractivity contribution in [1.29, 1.82) is 0 Å². The average molecular weight is 474 g/mol. The van der Waals surface area contributed by atoms with Gasteiger partial charge in [-0.3, -0.25) is 19.2 Å². The van der Waals surface area contributed by atoms with E-state index in [-0.39, 0.29) is 43.1 Å². The van der Waals surface area contributed by atoms with E-state index in [9.17, 15) is 24.0 Å². The van der Waals surface area contributed by atoms with Crippen molar-refractivity contribution >= 4 is 41.5 Å². The Bertz CT molecular complexity index is 712. The van der Waals surface area contributed by atoms with Gasteiger partial charge in [0.25, 0.3) is 11.8 Å². The summed E-state index contributed by atoms with van der Waals surface area (Å²) in [5, 5.41) is 0.554. The van der Waals surface area contributed by atoms with E-state index in [1.54, 1.807) is 11.8 Å². The van der Waals surface area contributed by atoms with Crippen molar-refractivity contribution in [3.05, 3.63) is 0 Å². The first-order chi connectivity index (χ1) is 15.1. The van der Waals surface area contributed by atoms with E-state index >= 15 is 0 Å². The van der Waals surface area contributed by atoms with Crippen molar-refractivity contribution in [1.82, 2.24) is 5.06 Å². The van der Waals surface area contributed by atoms with Crippen LogP contribution in [0.3, 0.4) is 0 Å². The summed E-state index contributed by atoms with van der Waals surface area (Å²) in [6.07, 6.45) is 0.394. The number of esters is 2. The largest absolute Gasteiger partial charge is 0.463 e. The molecule has 2 amide bonds. The molecule has 0 radical (unpaired) electrons. The fraction of sp³-hybridized carbons (Fsp3) is 0.762.